The molecule has 2 rings (SSSR count). The van der Waals surface area contributed by atoms with E-state index in [9.17, 15) is 19.2 Å². The zero-order valence-electron chi connectivity index (χ0n) is 16.3. The maximum absolute atomic E-state index is 12.7. The Morgan fingerprint density at radius 3 is 2.18 bits per heavy atom. The second kappa shape index (κ2) is 8.51. The molecule has 0 saturated carbocycles. The Morgan fingerprint density at radius 2 is 1.64 bits per heavy atom. The van der Waals surface area contributed by atoms with Gasteiger partial charge in [0.1, 0.15) is 0 Å². The van der Waals surface area contributed by atoms with Crippen LogP contribution in [0.1, 0.15) is 56.3 Å². The van der Waals surface area contributed by atoms with Gasteiger partial charge in [0.15, 0.2) is 6.10 Å². The van der Waals surface area contributed by atoms with Crippen molar-refractivity contribution in [3.63, 3.8) is 0 Å². The second-order valence-electron chi connectivity index (χ2n) is 6.29. The number of Topliss-reactive ketones (excluding diaryl/α,β-unsaturated/α-hetero) is 1. The van der Waals surface area contributed by atoms with Gasteiger partial charge in [0, 0.05) is 18.3 Å². The molecule has 1 aromatic carbocycles. The molecule has 2 N–H and O–H groups in total. The van der Waals surface area contributed by atoms with Gasteiger partial charge in [-0.25, -0.2) is 9.59 Å². The van der Waals surface area contributed by atoms with Crippen LogP contribution in [0, 0.1) is 13.8 Å². The molecule has 0 aliphatic rings. The van der Waals surface area contributed by atoms with E-state index < -0.39 is 23.8 Å². The van der Waals surface area contributed by atoms with Crippen molar-refractivity contribution < 1.29 is 28.7 Å². The van der Waals surface area contributed by atoms with Crippen molar-refractivity contribution in [2.24, 2.45) is 0 Å². The third-order valence-corrected chi connectivity index (χ3v) is 4.17. The second-order valence-corrected chi connectivity index (χ2v) is 6.29. The van der Waals surface area contributed by atoms with Crippen LogP contribution < -0.4 is 5.32 Å². The molecule has 1 atom stereocenters. The summed E-state index contributed by atoms with van der Waals surface area (Å²) >= 11 is 0. The molecule has 1 amide bonds. The van der Waals surface area contributed by atoms with Gasteiger partial charge in [0.2, 0.25) is 11.7 Å². The number of anilines is 1. The highest BCUT2D eigenvalue weighted by molar-refractivity contribution is 6.04. The summed E-state index contributed by atoms with van der Waals surface area (Å²) in [6, 6.07) is 6.10. The molecule has 148 valence electrons. The minimum atomic E-state index is -1.07. The number of ether oxygens (including phenoxy) is 2. The first-order valence-corrected chi connectivity index (χ1v) is 8.56. The van der Waals surface area contributed by atoms with Crippen LogP contribution in [-0.4, -0.2) is 41.8 Å². The summed E-state index contributed by atoms with van der Waals surface area (Å²) in [7, 11) is 1.26. The van der Waals surface area contributed by atoms with Crippen molar-refractivity contribution >= 4 is 29.3 Å². The minimum Gasteiger partial charge on any atom is -0.465 e. The lowest BCUT2D eigenvalue weighted by molar-refractivity contribution is -0.114. The van der Waals surface area contributed by atoms with Gasteiger partial charge in [0.25, 0.3) is 0 Å². The molecule has 1 aromatic heterocycles. The van der Waals surface area contributed by atoms with E-state index in [1.807, 2.05) is 0 Å². The molecule has 0 aliphatic heterocycles. The van der Waals surface area contributed by atoms with E-state index in [1.54, 1.807) is 26.0 Å². The molecular formula is C20H22N2O6. The molecule has 0 radical (unpaired) electrons. The smallest absolute Gasteiger partial charge is 0.339 e. The van der Waals surface area contributed by atoms with E-state index in [4.69, 9.17) is 9.47 Å². The number of hydrogen-bond acceptors (Lipinski definition) is 6. The van der Waals surface area contributed by atoms with Gasteiger partial charge >= 0.3 is 11.9 Å². The van der Waals surface area contributed by atoms with E-state index in [0.29, 0.717) is 16.9 Å². The standard InChI is InChI=1S/C20H22N2O6/c1-10-16(20(26)27-5)11(2)21-17(10)18(24)12(3)28-19(25)14-6-8-15(9-7-14)22-13(4)23/h6-9,12,21H,1-5H3,(H,22,23)/t12-/m1/s1. The van der Waals surface area contributed by atoms with E-state index in [2.05, 4.69) is 10.3 Å². The lowest BCUT2D eigenvalue weighted by Gasteiger charge is -2.12. The highest BCUT2D eigenvalue weighted by Gasteiger charge is 2.27. The molecule has 28 heavy (non-hydrogen) atoms. The third kappa shape index (κ3) is 4.46. The van der Waals surface area contributed by atoms with E-state index in [-0.39, 0.29) is 22.7 Å². The normalized spacial score (nSPS) is 11.5. The summed E-state index contributed by atoms with van der Waals surface area (Å²) in [6.07, 6.45) is -1.07. The SMILES string of the molecule is COC(=O)c1c(C)[nH]c(C(=O)[C@@H](C)OC(=O)c2ccc(NC(C)=O)cc2)c1C. The lowest BCUT2D eigenvalue weighted by atomic mass is 10.1. The Labute approximate surface area is 162 Å². The van der Waals surface area contributed by atoms with Crippen LogP contribution in [-0.2, 0) is 14.3 Å². The number of H-pyrrole nitrogens is 1. The summed E-state index contributed by atoms with van der Waals surface area (Å²) in [5.41, 5.74) is 2.21. The number of hydrogen-bond donors (Lipinski definition) is 2. The maximum Gasteiger partial charge on any atom is 0.339 e. The number of carbonyl (C=O) groups excluding carboxylic acids is 4. The average Bonchev–Trinajstić information content (AvgIpc) is 2.94. The van der Waals surface area contributed by atoms with Crippen LogP contribution >= 0.6 is 0 Å². The van der Waals surface area contributed by atoms with Crippen LogP contribution in [0.4, 0.5) is 5.69 Å². The molecule has 8 heteroatoms. The molecule has 0 aliphatic carbocycles. The Hall–Kier alpha value is -3.42. The molecule has 2 aromatic rings. The number of benzene rings is 1. The zero-order valence-corrected chi connectivity index (χ0v) is 16.3. The zero-order chi connectivity index (χ0) is 21.0. The summed E-state index contributed by atoms with van der Waals surface area (Å²) < 4.78 is 9.98. The summed E-state index contributed by atoms with van der Waals surface area (Å²) in [6.45, 7) is 6.12. The first-order chi connectivity index (χ1) is 13.1. The summed E-state index contributed by atoms with van der Waals surface area (Å²) in [5.74, 6) is -1.91. The quantitative estimate of drug-likeness (QED) is 0.583. The number of carbonyl (C=O) groups is 4. The van der Waals surface area contributed by atoms with Gasteiger partial charge in [-0.15, -0.1) is 0 Å². The van der Waals surface area contributed by atoms with Gasteiger partial charge in [-0.05, 0) is 50.6 Å². The Morgan fingerprint density at radius 1 is 1.04 bits per heavy atom. The monoisotopic (exact) mass is 386 g/mol. The van der Waals surface area contributed by atoms with Crippen LogP contribution in [0.5, 0.6) is 0 Å². The number of ketones is 1. The number of esters is 2. The van der Waals surface area contributed by atoms with E-state index in [0.717, 1.165) is 0 Å². The third-order valence-electron chi connectivity index (χ3n) is 4.17. The topological polar surface area (TPSA) is 115 Å². The van der Waals surface area contributed by atoms with Gasteiger partial charge in [-0.1, -0.05) is 0 Å². The van der Waals surface area contributed by atoms with Crippen molar-refractivity contribution in [1.29, 1.82) is 0 Å². The van der Waals surface area contributed by atoms with Crippen LogP contribution in [0.15, 0.2) is 24.3 Å². The number of nitrogens with one attached hydrogen (secondary N) is 2. The van der Waals surface area contributed by atoms with E-state index in [1.165, 1.54) is 33.1 Å². The minimum absolute atomic E-state index is 0.194. The van der Waals surface area contributed by atoms with E-state index >= 15 is 0 Å². The number of methoxy groups -OCH3 is 1. The highest BCUT2D eigenvalue weighted by atomic mass is 16.5. The summed E-state index contributed by atoms with van der Waals surface area (Å²) in [5, 5.41) is 2.59. The van der Waals surface area contributed by atoms with Crippen LogP contribution in [0.2, 0.25) is 0 Å². The molecule has 0 spiro atoms. The maximum atomic E-state index is 12.7. The molecule has 1 heterocycles. The molecule has 0 saturated heterocycles. The fraction of sp³-hybridized carbons (Fsp3) is 0.300. The fourth-order valence-electron chi connectivity index (χ4n) is 2.78. The van der Waals surface area contributed by atoms with Crippen molar-refractivity contribution in [2.45, 2.75) is 33.8 Å². The first-order valence-electron chi connectivity index (χ1n) is 8.56. The highest BCUT2D eigenvalue weighted by Crippen LogP contribution is 2.21. The molecule has 8 nitrogen and oxygen atoms in total. The first kappa shape index (κ1) is 20.9. The van der Waals surface area contributed by atoms with Crippen LogP contribution in [0.3, 0.4) is 0 Å². The van der Waals surface area contributed by atoms with Crippen molar-refractivity contribution in [3.8, 4) is 0 Å². The molecule has 0 unspecified atom stereocenters. The molecule has 0 fully saturated rings. The predicted octanol–water partition coefficient (Wildman–Crippen LogP) is 2.80. The Balaban J connectivity index is 2.13. The predicted molar refractivity (Wildman–Crippen MR) is 102 cm³/mol. The number of aromatic amines is 1. The number of aryl methyl sites for hydroxylation is 1. The van der Waals surface area contributed by atoms with Gasteiger partial charge in [-0.3, -0.25) is 9.59 Å². The average molecular weight is 386 g/mol. The Bertz CT molecular complexity index is 927. The van der Waals surface area contributed by atoms with Gasteiger partial charge in [0.05, 0.1) is 23.9 Å². The van der Waals surface area contributed by atoms with Crippen molar-refractivity contribution in [2.75, 3.05) is 12.4 Å². The lowest BCUT2D eigenvalue weighted by Crippen LogP contribution is -2.25. The Kier molecular flexibility index (Phi) is 6.35. The van der Waals surface area contributed by atoms with Crippen molar-refractivity contribution in [1.82, 2.24) is 4.98 Å². The largest absolute Gasteiger partial charge is 0.465 e. The fourth-order valence-corrected chi connectivity index (χ4v) is 2.78. The summed E-state index contributed by atoms with van der Waals surface area (Å²) in [4.78, 5) is 50.7. The number of rotatable bonds is 6. The van der Waals surface area contributed by atoms with Gasteiger partial charge < -0.3 is 19.8 Å². The molecular weight excluding hydrogens is 364 g/mol. The number of amides is 1. The molecule has 0 bridgehead atoms. The van der Waals surface area contributed by atoms with Gasteiger partial charge in [-0.2, -0.15) is 0 Å². The van der Waals surface area contributed by atoms with Crippen molar-refractivity contribution in [3.05, 3.63) is 52.3 Å². The number of aromatic nitrogens is 1. The van der Waals surface area contributed by atoms with Crippen LogP contribution in [0.25, 0.3) is 0 Å².